The predicted octanol–water partition coefficient (Wildman–Crippen LogP) is 0.946. The summed E-state index contributed by atoms with van der Waals surface area (Å²) in [5, 5.41) is 0. The molecule has 2 aromatic heterocycles. The van der Waals surface area contributed by atoms with Crippen molar-refractivity contribution in [3.8, 4) is 5.88 Å². The molecule has 3 rings (SSSR count). The Morgan fingerprint density at radius 1 is 1.05 bits per heavy atom. The quantitative estimate of drug-likeness (QED) is 0.836. The molecule has 0 aliphatic carbocycles. The van der Waals surface area contributed by atoms with Crippen LogP contribution in [0.1, 0.15) is 11.3 Å². The van der Waals surface area contributed by atoms with E-state index in [2.05, 4.69) is 24.8 Å². The van der Waals surface area contributed by atoms with E-state index in [1.54, 1.807) is 13.4 Å². The van der Waals surface area contributed by atoms with Crippen LogP contribution in [0, 0.1) is 0 Å². The van der Waals surface area contributed by atoms with Crippen LogP contribution in [0.2, 0.25) is 0 Å². The van der Waals surface area contributed by atoms with Crippen molar-refractivity contribution in [3.63, 3.8) is 0 Å². The molecule has 0 bridgehead atoms. The minimum Gasteiger partial charge on any atom is -0.481 e. The van der Waals surface area contributed by atoms with Crippen molar-refractivity contribution in [2.24, 2.45) is 0 Å². The maximum atomic E-state index is 5.18. The predicted molar refractivity (Wildman–Crippen MR) is 84.6 cm³/mol. The number of fused-ring (bicyclic) bond motifs is 1. The van der Waals surface area contributed by atoms with Gasteiger partial charge in [0.2, 0.25) is 5.88 Å². The number of ether oxygens (including phenoxy) is 1. The maximum Gasteiger partial charge on any atom is 0.218 e. The van der Waals surface area contributed by atoms with Gasteiger partial charge in [-0.3, -0.25) is 0 Å². The van der Waals surface area contributed by atoms with Crippen LogP contribution in [0.4, 0.5) is 11.6 Å². The van der Waals surface area contributed by atoms with E-state index in [-0.39, 0.29) is 0 Å². The number of rotatable bonds is 3. The highest BCUT2D eigenvalue weighted by Gasteiger charge is 2.20. The SMILES string of the molecule is COc1cc(N2CCc3ncnc(N(C)C)c3CC2)ncn1. The van der Waals surface area contributed by atoms with Crippen molar-refractivity contribution in [2.45, 2.75) is 12.8 Å². The number of anilines is 2. The van der Waals surface area contributed by atoms with Gasteiger partial charge in [-0.1, -0.05) is 0 Å². The highest BCUT2D eigenvalue weighted by molar-refractivity contribution is 5.50. The smallest absolute Gasteiger partial charge is 0.218 e. The first-order chi connectivity index (χ1) is 10.7. The maximum absolute atomic E-state index is 5.18. The van der Waals surface area contributed by atoms with Gasteiger partial charge in [-0.25, -0.2) is 19.9 Å². The second-order valence-corrected chi connectivity index (χ2v) is 5.42. The normalized spacial score (nSPS) is 14.2. The van der Waals surface area contributed by atoms with E-state index < -0.39 is 0 Å². The average Bonchev–Trinajstić information content (AvgIpc) is 2.77. The highest BCUT2D eigenvalue weighted by Crippen LogP contribution is 2.24. The Labute approximate surface area is 130 Å². The van der Waals surface area contributed by atoms with Crippen LogP contribution in [0.3, 0.4) is 0 Å². The van der Waals surface area contributed by atoms with Crippen molar-refractivity contribution in [1.29, 1.82) is 0 Å². The fourth-order valence-electron chi connectivity index (χ4n) is 2.74. The molecule has 0 N–H and O–H groups in total. The summed E-state index contributed by atoms with van der Waals surface area (Å²) in [4.78, 5) is 21.6. The van der Waals surface area contributed by atoms with Crippen molar-refractivity contribution >= 4 is 11.6 Å². The molecule has 0 amide bonds. The number of nitrogens with zero attached hydrogens (tertiary/aromatic N) is 6. The molecule has 2 aromatic rings. The number of hydrogen-bond donors (Lipinski definition) is 0. The van der Waals surface area contributed by atoms with E-state index in [9.17, 15) is 0 Å². The third-order valence-corrected chi connectivity index (χ3v) is 3.85. The molecule has 0 radical (unpaired) electrons. The monoisotopic (exact) mass is 300 g/mol. The van der Waals surface area contributed by atoms with Crippen molar-refractivity contribution in [2.75, 3.05) is 44.1 Å². The molecular weight excluding hydrogens is 280 g/mol. The van der Waals surface area contributed by atoms with E-state index in [0.29, 0.717) is 5.88 Å². The molecule has 0 saturated carbocycles. The number of methoxy groups -OCH3 is 1. The van der Waals surface area contributed by atoms with Gasteiger partial charge in [-0.15, -0.1) is 0 Å². The summed E-state index contributed by atoms with van der Waals surface area (Å²) in [5.74, 6) is 2.48. The second-order valence-electron chi connectivity index (χ2n) is 5.42. The molecule has 0 spiro atoms. The largest absolute Gasteiger partial charge is 0.481 e. The van der Waals surface area contributed by atoms with Crippen LogP contribution in [0.15, 0.2) is 18.7 Å². The third-order valence-electron chi connectivity index (χ3n) is 3.85. The van der Waals surface area contributed by atoms with Crippen molar-refractivity contribution < 1.29 is 4.74 Å². The van der Waals surface area contributed by atoms with Crippen LogP contribution < -0.4 is 14.5 Å². The molecule has 0 saturated heterocycles. The van der Waals surface area contributed by atoms with Gasteiger partial charge in [0.25, 0.3) is 0 Å². The number of hydrogen-bond acceptors (Lipinski definition) is 7. The summed E-state index contributed by atoms with van der Waals surface area (Å²) in [5.41, 5.74) is 2.36. The Bertz CT molecular complexity index is 660. The van der Waals surface area contributed by atoms with Crippen LogP contribution in [0.25, 0.3) is 0 Å². The van der Waals surface area contributed by atoms with Gasteiger partial charge < -0.3 is 14.5 Å². The van der Waals surface area contributed by atoms with Gasteiger partial charge in [-0.2, -0.15) is 0 Å². The zero-order chi connectivity index (χ0) is 15.5. The van der Waals surface area contributed by atoms with Gasteiger partial charge in [0.1, 0.15) is 24.3 Å². The van der Waals surface area contributed by atoms with Crippen LogP contribution >= 0.6 is 0 Å². The van der Waals surface area contributed by atoms with Gasteiger partial charge >= 0.3 is 0 Å². The van der Waals surface area contributed by atoms with Crippen LogP contribution in [-0.2, 0) is 12.8 Å². The second kappa shape index (κ2) is 6.13. The lowest BCUT2D eigenvalue weighted by Gasteiger charge is -2.21. The lowest BCUT2D eigenvalue weighted by molar-refractivity contribution is 0.396. The Morgan fingerprint density at radius 2 is 1.82 bits per heavy atom. The highest BCUT2D eigenvalue weighted by atomic mass is 16.5. The molecule has 116 valence electrons. The Hall–Kier alpha value is -2.44. The summed E-state index contributed by atoms with van der Waals surface area (Å²) >= 11 is 0. The Kier molecular flexibility index (Phi) is 4.04. The molecule has 22 heavy (non-hydrogen) atoms. The molecule has 1 aliphatic rings. The minimum atomic E-state index is 0.584. The summed E-state index contributed by atoms with van der Waals surface area (Å²) in [6.07, 6.45) is 4.97. The molecule has 3 heterocycles. The molecule has 7 nitrogen and oxygen atoms in total. The van der Waals surface area contributed by atoms with Crippen LogP contribution in [0.5, 0.6) is 5.88 Å². The molecule has 0 unspecified atom stereocenters. The summed E-state index contributed by atoms with van der Waals surface area (Å²) in [7, 11) is 5.64. The zero-order valence-electron chi connectivity index (χ0n) is 13.2. The molecule has 1 aliphatic heterocycles. The fraction of sp³-hybridized carbons (Fsp3) is 0.467. The van der Waals surface area contributed by atoms with E-state index in [4.69, 9.17) is 4.74 Å². The Morgan fingerprint density at radius 3 is 2.59 bits per heavy atom. The topological polar surface area (TPSA) is 67.3 Å². The first kappa shape index (κ1) is 14.5. The lowest BCUT2D eigenvalue weighted by Crippen LogP contribution is -2.27. The molecular formula is C15H20N6O. The number of aromatic nitrogens is 4. The van der Waals surface area contributed by atoms with E-state index in [1.165, 1.54) is 11.9 Å². The van der Waals surface area contributed by atoms with Crippen LogP contribution in [-0.4, -0.2) is 54.2 Å². The van der Waals surface area contributed by atoms with Crippen molar-refractivity contribution in [1.82, 2.24) is 19.9 Å². The summed E-state index contributed by atoms with van der Waals surface area (Å²) < 4.78 is 5.18. The molecule has 7 heteroatoms. The van der Waals surface area contributed by atoms with Gasteiger partial charge in [0.15, 0.2) is 0 Å². The molecule has 0 fully saturated rings. The summed E-state index contributed by atoms with van der Waals surface area (Å²) in [6, 6.07) is 1.87. The fourth-order valence-corrected chi connectivity index (χ4v) is 2.74. The first-order valence-corrected chi connectivity index (χ1v) is 7.30. The average molecular weight is 300 g/mol. The lowest BCUT2D eigenvalue weighted by atomic mass is 10.1. The van der Waals surface area contributed by atoms with Gasteiger partial charge in [0.05, 0.1) is 12.8 Å². The van der Waals surface area contributed by atoms with Gasteiger partial charge in [0, 0.05) is 45.2 Å². The minimum absolute atomic E-state index is 0.584. The van der Waals surface area contributed by atoms with Crippen molar-refractivity contribution in [3.05, 3.63) is 30.0 Å². The van der Waals surface area contributed by atoms with E-state index >= 15 is 0 Å². The standard InChI is InChI=1S/C15H20N6O/c1-20(2)15-11-4-6-21(7-5-12(11)16-9-19-15)13-8-14(22-3)18-10-17-13/h8-10H,4-7H2,1-3H3. The summed E-state index contributed by atoms with van der Waals surface area (Å²) in [6.45, 7) is 1.75. The zero-order valence-corrected chi connectivity index (χ0v) is 13.2. The van der Waals surface area contributed by atoms with Gasteiger partial charge in [-0.05, 0) is 6.42 Å². The third kappa shape index (κ3) is 2.79. The van der Waals surface area contributed by atoms with E-state index in [0.717, 1.165) is 43.3 Å². The van der Waals surface area contributed by atoms with E-state index in [1.807, 2.05) is 25.1 Å². The molecule has 0 atom stereocenters. The first-order valence-electron chi connectivity index (χ1n) is 7.30. The Balaban J connectivity index is 1.85. The molecule has 0 aromatic carbocycles.